The Hall–Kier alpha value is -0.860. The van der Waals surface area contributed by atoms with Gasteiger partial charge in [0.05, 0.1) is 0 Å². The molecule has 1 heterocycles. The standard InChI is InChI=1S/C14H22N2/c1-14(2)12-15-9-6-10-16(14)11-13-7-4-3-5-8-13/h3-5,7-8,15H,6,9-12H2,1-2H3. The molecule has 0 spiro atoms. The first kappa shape index (κ1) is 11.6. The molecule has 88 valence electrons. The molecule has 0 aromatic heterocycles. The highest BCUT2D eigenvalue weighted by Gasteiger charge is 2.27. The average Bonchev–Trinajstić information content (AvgIpc) is 2.43. The highest BCUT2D eigenvalue weighted by molar-refractivity contribution is 5.15. The van der Waals surface area contributed by atoms with Crippen LogP contribution in [0.15, 0.2) is 30.3 Å². The van der Waals surface area contributed by atoms with Gasteiger partial charge in [-0.15, -0.1) is 0 Å². The van der Waals surface area contributed by atoms with Crippen molar-refractivity contribution in [2.45, 2.75) is 32.4 Å². The minimum atomic E-state index is 0.256. The lowest BCUT2D eigenvalue weighted by Gasteiger charge is -2.37. The van der Waals surface area contributed by atoms with E-state index in [1.54, 1.807) is 0 Å². The Bertz CT molecular complexity index is 319. The fourth-order valence-corrected chi connectivity index (χ4v) is 2.30. The van der Waals surface area contributed by atoms with E-state index >= 15 is 0 Å². The minimum Gasteiger partial charge on any atom is -0.315 e. The van der Waals surface area contributed by atoms with E-state index < -0.39 is 0 Å². The summed E-state index contributed by atoms with van der Waals surface area (Å²) >= 11 is 0. The van der Waals surface area contributed by atoms with Gasteiger partial charge in [-0.25, -0.2) is 0 Å². The Morgan fingerprint density at radius 1 is 1.25 bits per heavy atom. The Labute approximate surface area is 98.7 Å². The van der Waals surface area contributed by atoms with Crippen LogP contribution in [-0.4, -0.2) is 30.1 Å². The van der Waals surface area contributed by atoms with Gasteiger partial charge in [-0.2, -0.15) is 0 Å². The van der Waals surface area contributed by atoms with Crippen LogP contribution in [0.3, 0.4) is 0 Å². The van der Waals surface area contributed by atoms with E-state index in [9.17, 15) is 0 Å². The summed E-state index contributed by atoms with van der Waals surface area (Å²) in [4.78, 5) is 2.59. The predicted molar refractivity (Wildman–Crippen MR) is 68.4 cm³/mol. The molecule has 2 rings (SSSR count). The van der Waals surface area contributed by atoms with Crippen molar-refractivity contribution in [3.05, 3.63) is 35.9 Å². The lowest BCUT2D eigenvalue weighted by atomic mass is 10.0. The molecule has 0 saturated carbocycles. The molecule has 0 unspecified atom stereocenters. The van der Waals surface area contributed by atoms with E-state index in [1.807, 2.05) is 0 Å². The van der Waals surface area contributed by atoms with Crippen molar-refractivity contribution in [3.63, 3.8) is 0 Å². The van der Waals surface area contributed by atoms with Crippen molar-refractivity contribution in [2.24, 2.45) is 0 Å². The van der Waals surface area contributed by atoms with Crippen LogP contribution in [0.5, 0.6) is 0 Å². The molecule has 2 heteroatoms. The van der Waals surface area contributed by atoms with Crippen molar-refractivity contribution < 1.29 is 0 Å². The van der Waals surface area contributed by atoms with Crippen LogP contribution in [0.1, 0.15) is 25.8 Å². The van der Waals surface area contributed by atoms with Crippen molar-refractivity contribution in [3.8, 4) is 0 Å². The summed E-state index contributed by atoms with van der Waals surface area (Å²) in [6.07, 6.45) is 1.25. The molecular weight excluding hydrogens is 196 g/mol. The van der Waals surface area contributed by atoms with Crippen LogP contribution >= 0.6 is 0 Å². The summed E-state index contributed by atoms with van der Waals surface area (Å²) in [6.45, 7) is 9.14. The third-order valence-electron chi connectivity index (χ3n) is 3.41. The van der Waals surface area contributed by atoms with Crippen LogP contribution in [-0.2, 0) is 6.54 Å². The lowest BCUT2D eigenvalue weighted by Crippen LogP contribution is -2.47. The van der Waals surface area contributed by atoms with Crippen molar-refractivity contribution >= 4 is 0 Å². The van der Waals surface area contributed by atoms with E-state index in [1.165, 1.54) is 18.5 Å². The highest BCUT2D eigenvalue weighted by atomic mass is 15.2. The second-order valence-electron chi connectivity index (χ2n) is 5.25. The quantitative estimate of drug-likeness (QED) is 0.819. The van der Waals surface area contributed by atoms with E-state index in [0.717, 1.165) is 19.6 Å². The van der Waals surface area contributed by atoms with Crippen LogP contribution in [0, 0.1) is 0 Å². The molecule has 1 saturated heterocycles. The van der Waals surface area contributed by atoms with Gasteiger partial charge in [0.25, 0.3) is 0 Å². The molecule has 0 amide bonds. The molecule has 0 atom stereocenters. The smallest absolute Gasteiger partial charge is 0.0281 e. The molecule has 0 aliphatic carbocycles. The predicted octanol–water partition coefficient (Wildman–Crippen LogP) is 2.26. The Kier molecular flexibility index (Phi) is 3.62. The van der Waals surface area contributed by atoms with Gasteiger partial charge < -0.3 is 5.32 Å². The minimum absolute atomic E-state index is 0.256. The van der Waals surface area contributed by atoms with Gasteiger partial charge in [0.1, 0.15) is 0 Å². The first-order valence-corrected chi connectivity index (χ1v) is 6.18. The second kappa shape index (κ2) is 4.98. The molecule has 0 bridgehead atoms. The summed E-state index contributed by atoms with van der Waals surface area (Å²) in [7, 11) is 0. The summed E-state index contributed by atoms with van der Waals surface area (Å²) in [5.74, 6) is 0. The van der Waals surface area contributed by atoms with Gasteiger partial charge >= 0.3 is 0 Å². The molecular formula is C14H22N2. The molecule has 1 aromatic carbocycles. The number of hydrogen-bond donors (Lipinski definition) is 1. The van der Waals surface area contributed by atoms with Gasteiger partial charge in [0.15, 0.2) is 0 Å². The molecule has 1 aliphatic heterocycles. The summed E-state index contributed by atoms with van der Waals surface area (Å²) in [5.41, 5.74) is 1.67. The van der Waals surface area contributed by atoms with Crippen molar-refractivity contribution in [1.29, 1.82) is 0 Å². The maximum atomic E-state index is 3.51. The van der Waals surface area contributed by atoms with Crippen molar-refractivity contribution in [2.75, 3.05) is 19.6 Å². The fraction of sp³-hybridized carbons (Fsp3) is 0.571. The van der Waals surface area contributed by atoms with Crippen molar-refractivity contribution in [1.82, 2.24) is 10.2 Å². The molecule has 1 N–H and O–H groups in total. The third kappa shape index (κ3) is 2.83. The zero-order valence-electron chi connectivity index (χ0n) is 10.4. The molecule has 1 aromatic rings. The van der Waals surface area contributed by atoms with Gasteiger partial charge in [0, 0.05) is 25.2 Å². The second-order valence-corrected chi connectivity index (χ2v) is 5.25. The van der Waals surface area contributed by atoms with Gasteiger partial charge in [-0.1, -0.05) is 30.3 Å². The third-order valence-corrected chi connectivity index (χ3v) is 3.41. The molecule has 1 fully saturated rings. The SMILES string of the molecule is CC1(C)CNCCCN1Cc1ccccc1. The van der Waals surface area contributed by atoms with Crippen LogP contribution in [0.4, 0.5) is 0 Å². The zero-order chi connectivity index (χ0) is 11.4. The number of rotatable bonds is 2. The topological polar surface area (TPSA) is 15.3 Å². The number of hydrogen-bond acceptors (Lipinski definition) is 2. The van der Waals surface area contributed by atoms with Gasteiger partial charge in [0.2, 0.25) is 0 Å². The van der Waals surface area contributed by atoms with Gasteiger partial charge in [-0.05, 0) is 32.4 Å². The van der Waals surface area contributed by atoms with E-state index in [-0.39, 0.29) is 5.54 Å². The Morgan fingerprint density at radius 2 is 2.00 bits per heavy atom. The normalized spacial score (nSPS) is 21.6. The highest BCUT2D eigenvalue weighted by Crippen LogP contribution is 2.19. The first-order valence-electron chi connectivity index (χ1n) is 6.18. The fourth-order valence-electron chi connectivity index (χ4n) is 2.30. The molecule has 16 heavy (non-hydrogen) atoms. The maximum absolute atomic E-state index is 3.51. The zero-order valence-corrected chi connectivity index (χ0v) is 10.4. The van der Waals surface area contributed by atoms with E-state index in [2.05, 4.69) is 54.4 Å². The number of nitrogens with zero attached hydrogens (tertiary/aromatic N) is 1. The lowest BCUT2D eigenvalue weighted by molar-refractivity contribution is 0.125. The molecule has 1 aliphatic rings. The largest absolute Gasteiger partial charge is 0.315 e. The number of benzene rings is 1. The van der Waals surface area contributed by atoms with Crippen LogP contribution in [0.25, 0.3) is 0 Å². The molecule has 0 radical (unpaired) electrons. The first-order chi connectivity index (χ1) is 7.68. The Morgan fingerprint density at radius 3 is 2.75 bits per heavy atom. The van der Waals surface area contributed by atoms with Gasteiger partial charge in [-0.3, -0.25) is 4.90 Å². The van der Waals surface area contributed by atoms with E-state index in [0.29, 0.717) is 0 Å². The summed E-state index contributed by atoms with van der Waals surface area (Å²) in [5, 5.41) is 3.51. The average molecular weight is 218 g/mol. The maximum Gasteiger partial charge on any atom is 0.0281 e. The van der Waals surface area contributed by atoms with Crippen LogP contribution in [0.2, 0.25) is 0 Å². The molecule has 2 nitrogen and oxygen atoms in total. The monoisotopic (exact) mass is 218 g/mol. The Balaban J connectivity index is 2.07. The summed E-state index contributed by atoms with van der Waals surface area (Å²) in [6, 6.07) is 10.8. The summed E-state index contributed by atoms with van der Waals surface area (Å²) < 4.78 is 0. The van der Waals surface area contributed by atoms with Crippen LogP contribution < -0.4 is 5.32 Å². The number of nitrogens with one attached hydrogen (secondary N) is 1. The van der Waals surface area contributed by atoms with E-state index in [4.69, 9.17) is 0 Å².